The number of nitriles is 1. The Morgan fingerprint density at radius 1 is 1.32 bits per heavy atom. The van der Waals surface area contributed by atoms with E-state index in [2.05, 4.69) is 0 Å². The third-order valence-corrected chi connectivity index (χ3v) is 3.11. The van der Waals surface area contributed by atoms with E-state index in [9.17, 15) is 9.59 Å². The summed E-state index contributed by atoms with van der Waals surface area (Å²) in [6.07, 6.45) is 0.306. The lowest BCUT2D eigenvalue weighted by atomic mass is 10.1. The van der Waals surface area contributed by atoms with Gasteiger partial charge >= 0.3 is 6.03 Å². The molecule has 5 nitrogen and oxygen atoms in total. The van der Waals surface area contributed by atoms with Gasteiger partial charge in [-0.15, -0.1) is 0 Å². The number of hydrogen-bond donors (Lipinski definition) is 0. The van der Waals surface area contributed by atoms with E-state index in [1.165, 1.54) is 0 Å². The highest BCUT2D eigenvalue weighted by atomic mass is 16.2. The van der Waals surface area contributed by atoms with Gasteiger partial charge in [-0.1, -0.05) is 6.07 Å². The molecule has 1 fully saturated rings. The number of carbonyl (C=O) groups is 2. The molecular weight excluding hydrogens is 242 g/mol. The van der Waals surface area contributed by atoms with Gasteiger partial charge in [-0.05, 0) is 32.0 Å². The van der Waals surface area contributed by atoms with Crippen molar-refractivity contribution in [3.63, 3.8) is 0 Å². The zero-order valence-electron chi connectivity index (χ0n) is 11.0. The average Bonchev–Trinajstić information content (AvgIpc) is 2.38. The molecule has 0 aromatic heterocycles. The molecule has 1 aromatic rings. The fourth-order valence-corrected chi connectivity index (χ4v) is 2.11. The molecule has 98 valence electrons. The average molecular weight is 257 g/mol. The standard InChI is InChI=1S/C14H15N3O2/c1-10(2)16-7-6-13(18)17(14(16)19)12-5-3-4-11(8-12)9-15/h3-5,8,10H,6-7H2,1-2H3. The highest BCUT2D eigenvalue weighted by molar-refractivity contribution is 6.15. The summed E-state index contributed by atoms with van der Waals surface area (Å²) in [4.78, 5) is 27.1. The summed E-state index contributed by atoms with van der Waals surface area (Å²) in [6.45, 7) is 4.28. The minimum Gasteiger partial charge on any atom is -0.321 e. The van der Waals surface area contributed by atoms with Crippen LogP contribution in [0.25, 0.3) is 0 Å². The van der Waals surface area contributed by atoms with Crippen molar-refractivity contribution in [3.05, 3.63) is 29.8 Å². The number of benzene rings is 1. The van der Waals surface area contributed by atoms with Crippen LogP contribution in [-0.4, -0.2) is 29.4 Å². The molecule has 0 bridgehead atoms. The third kappa shape index (κ3) is 2.43. The molecule has 3 amide bonds. The van der Waals surface area contributed by atoms with E-state index in [0.717, 1.165) is 4.90 Å². The lowest BCUT2D eigenvalue weighted by Crippen LogP contribution is -2.54. The van der Waals surface area contributed by atoms with Crippen LogP contribution in [0.4, 0.5) is 10.5 Å². The topological polar surface area (TPSA) is 64.4 Å². The summed E-state index contributed by atoms with van der Waals surface area (Å²) < 4.78 is 0. The van der Waals surface area contributed by atoms with Crippen molar-refractivity contribution in [1.29, 1.82) is 5.26 Å². The molecule has 1 heterocycles. The third-order valence-electron chi connectivity index (χ3n) is 3.11. The zero-order chi connectivity index (χ0) is 14.0. The van der Waals surface area contributed by atoms with Gasteiger partial charge in [-0.3, -0.25) is 4.79 Å². The number of urea groups is 1. The quantitative estimate of drug-likeness (QED) is 0.815. The van der Waals surface area contributed by atoms with Gasteiger partial charge in [-0.2, -0.15) is 5.26 Å². The van der Waals surface area contributed by atoms with E-state index in [-0.39, 0.29) is 18.0 Å². The number of amides is 3. The van der Waals surface area contributed by atoms with Crippen molar-refractivity contribution in [3.8, 4) is 6.07 Å². The summed E-state index contributed by atoms with van der Waals surface area (Å²) in [7, 11) is 0. The van der Waals surface area contributed by atoms with Crippen LogP contribution in [0.5, 0.6) is 0 Å². The molecule has 0 radical (unpaired) electrons. The van der Waals surface area contributed by atoms with Crippen LogP contribution in [0.2, 0.25) is 0 Å². The first-order valence-electron chi connectivity index (χ1n) is 6.18. The molecule has 5 heteroatoms. The monoisotopic (exact) mass is 257 g/mol. The Morgan fingerprint density at radius 2 is 2.05 bits per heavy atom. The van der Waals surface area contributed by atoms with Crippen molar-refractivity contribution in [1.82, 2.24) is 4.90 Å². The van der Waals surface area contributed by atoms with Crippen LogP contribution in [0.1, 0.15) is 25.8 Å². The van der Waals surface area contributed by atoms with Gasteiger partial charge in [0.05, 0.1) is 17.3 Å². The van der Waals surface area contributed by atoms with E-state index in [4.69, 9.17) is 5.26 Å². The SMILES string of the molecule is CC(C)N1CCC(=O)N(c2cccc(C#N)c2)C1=O. The highest BCUT2D eigenvalue weighted by Crippen LogP contribution is 2.23. The smallest absolute Gasteiger partial charge is 0.321 e. The molecule has 1 aromatic carbocycles. The predicted molar refractivity (Wildman–Crippen MR) is 70.5 cm³/mol. The van der Waals surface area contributed by atoms with E-state index in [1.54, 1.807) is 29.2 Å². The molecule has 0 spiro atoms. The first kappa shape index (κ1) is 13.1. The first-order valence-corrected chi connectivity index (χ1v) is 6.18. The lowest BCUT2D eigenvalue weighted by Gasteiger charge is -2.36. The number of nitrogens with zero attached hydrogens (tertiary/aromatic N) is 3. The maximum absolute atomic E-state index is 12.3. The van der Waals surface area contributed by atoms with Crippen LogP contribution >= 0.6 is 0 Å². The molecule has 0 N–H and O–H groups in total. The van der Waals surface area contributed by atoms with Gasteiger partial charge in [0, 0.05) is 19.0 Å². The Bertz CT molecular complexity index is 560. The minimum atomic E-state index is -0.318. The number of hydrogen-bond acceptors (Lipinski definition) is 3. The molecule has 19 heavy (non-hydrogen) atoms. The number of imide groups is 1. The normalized spacial score (nSPS) is 15.9. The van der Waals surface area contributed by atoms with Gasteiger partial charge < -0.3 is 4.90 Å². The molecule has 0 unspecified atom stereocenters. The van der Waals surface area contributed by atoms with E-state index in [1.807, 2.05) is 19.9 Å². The van der Waals surface area contributed by atoms with E-state index < -0.39 is 0 Å². The van der Waals surface area contributed by atoms with Crippen LogP contribution in [0.3, 0.4) is 0 Å². The lowest BCUT2D eigenvalue weighted by molar-refractivity contribution is -0.119. The second-order valence-electron chi connectivity index (χ2n) is 4.71. The molecule has 0 saturated carbocycles. The van der Waals surface area contributed by atoms with E-state index >= 15 is 0 Å². The Kier molecular flexibility index (Phi) is 3.52. The summed E-state index contributed by atoms with van der Waals surface area (Å²) >= 11 is 0. The Labute approximate surface area is 112 Å². The molecule has 1 saturated heterocycles. The van der Waals surface area contributed by atoms with Gasteiger partial charge in [0.25, 0.3) is 0 Å². The molecule has 1 aliphatic heterocycles. The van der Waals surface area contributed by atoms with Gasteiger partial charge in [0.15, 0.2) is 0 Å². The van der Waals surface area contributed by atoms with Crippen molar-refractivity contribution in [2.24, 2.45) is 0 Å². The second-order valence-corrected chi connectivity index (χ2v) is 4.71. The number of carbonyl (C=O) groups excluding carboxylic acids is 2. The van der Waals surface area contributed by atoms with Crippen molar-refractivity contribution in [2.45, 2.75) is 26.3 Å². The largest absolute Gasteiger partial charge is 0.331 e. The Balaban J connectivity index is 2.38. The maximum atomic E-state index is 12.3. The summed E-state index contributed by atoms with van der Waals surface area (Å²) in [5.41, 5.74) is 0.888. The van der Waals surface area contributed by atoms with Gasteiger partial charge in [0.2, 0.25) is 5.91 Å². The van der Waals surface area contributed by atoms with Crippen LogP contribution in [0.15, 0.2) is 24.3 Å². The predicted octanol–water partition coefficient (Wildman–Crippen LogP) is 2.13. The van der Waals surface area contributed by atoms with Crippen molar-refractivity contribution >= 4 is 17.6 Å². The van der Waals surface area contributed by atoms with Gasteiger partial charge in [0.1, 0.15) is 0 Å². The number of rotatable bonds is 2. The summed E-state index contributed by atoms with van der Waals surface area (Å²) in [6, 6.07) is 8.27. The zero-order valence-corrected chi connectivity index (χ0v) is 11.0. The first-order chi connectivity index (χ1) is 9.04. The fourth-order valence-electron chi connectivity index (χ4n) is 2.11. The molecule has 0 aliphatic carbocycles. The Hall–Kier alpha value is -2.35. The van der Waals surface area contributed by atoms with Gasteiger partial charge in [-0.25, -0.2) is 9.69 Å². The van der Waals surface area contributed by atoms with Crippen LogP contribution in [-0.2, 0) is 4.79 Å². The maximum Gasteiger partial charge on any atom is 0.331 e. The van der Waals surface area contributed by atoms with Crippen LogP contribution in [0, 0.1) is 11.3 Å². The van der Waals surface area contributed by atoms with Crippen LogP contribution < -0.4 is 4.90 Å². The highest BCUT2D eigenvalue weighted by Gasteiger charge is 2.34. The molecule has 2 rings (SSSR count). The minimum absolute atomic E-state index is 0.0437. The molecule has 1 aliphatic rings. The Morgan fingerprint density at radius 3 is 2.68 bits per heavy atom. The fraction of sp³-hybridized carbons (Fsp3) is 0.357. The molecular formula is C14H15N3O2. The second kappa shape index (κ2) is 5.11. The van der Waals surface area contributed by atoms with E-state index in [0.29, 0.717) is 24.2 Å². The number of anilines is 1. The molecule has 0 atom stereocenters. The van der Waals surface area contributed by atoms with Crippen molar-refractivity contribution in [2.75, 3.05) is 11.4 Å². The summed E-state index contributed by atoms with van der Waals surface area (Å²) in [5, 5.41) is 8.88. The van der Waals surface area contributed by atoms with Crippen molar-refractivity contribution < 1.29 is 9.59 Å². The summed E-state index contributed by atoms with van der Waals surface area (Å²) in [5.74, 6) is -0.225.